The van der Waals surface area contributed by atoms with E-state index in [1.54, 1.807) is 0 Å². The van der Waals surface area contributed by atoms with Gasteiger partial charge in [0.1, 0.15) is 5.82 Å². The van der Waals surface area contributed by atoms with Gasteiger partial charge in [-0.25, -0.2) is 4.68 Å². The zero-order valence-electron chi connectivity index (χ0n) is 12.4. The average molecular weight is 265 g/mol. The van der Waals surface area contributed by atoms with Crippen molar-refractivity contribution >= 4 is 11.5 Å². The number of nitrogens with one attached hydrogen (secondary N) is 1. The first-order valence-corrected chi connectivity index (χ1v) is 7.40. The smallest absolute Gasteiger partial charge is 0.148 e. The molecule has 0 unspecified atom stereocenters. The summed E-state index contributed by atoms with van der Waals surface area (Å²) in [5.41, 5.74) is 7.75. The lowest BCUT2D eigenvalue weighted by Crippen LogP contribution is -2.33. The maximum atomic E-state index is 6.06. The summed E-state index contributed by atoms with van der Waals surface area (Å²) in [7, 11) is 2.23. The Bertz CT molecular complexity index is 406. The summed E-state index contributed by atoms with van der Waals surface area (Å²) in [6.45, 7) is 6.86. The third-order valence-electron chi connectivity index (χ3n) is 4.18. The van der Waals surface area contributed by atoms with Gasteiger partial charge in [-0.2, -0.15) is 5.10 Å². The van der Waals surface area contributed by atoms with Crippen LogP contribution in [0.1, 0.15) is 38.3 Å². The molecule has 0 bridgehead atoms. The molecule has 0 aliphatic heterocycles. The van der Waals surface area contributed by atoms with Crippen molar-refractivity contribution in [1.82, 2.24) is 14.7 Å². The topological polar surface area (TPSA) is 59.1 Å². The highest BCUT2D eigenvalue weighted by Gasteiger charge is 2.19. The van der Waals surface area contributed by atoms with Crippen LogP contribution in [0.25, 0.3) is 0 Å². The fourth-order valence-corrected chi connectivity index (χ4v) is 2.89. The minimum atomic E-state index is 0.775. The molecule has 1 fully saturated rings. The highest BCUT2D eigenvalue weighted by Crippen LogP contribution is 2.23. The molecule has 108 valence electrons. The lowest BCUT2D eigenvalue weighted by atomic mass is 10.2. The number of hydrogen-bond acceptors (Lipinski definition) is 4. The molecule has 1 heterocycles. The fraction of sp³-hybridized carbons (Fsp3) is 0.786. The lowest BCUT2D eigenvalue weighted by Gasteiger charge is -2.24. The second-order valence-corrected chi connectivity index (χ2v) is 5.51. The number of anilines is 2. The normalized spacial score (nSPS) is 16.4. The molecule has 1 aromatic rings. The van der Waals surface area contributed by atoms with Crippen LogP contribution in [0.15, 0.2) is 0 Å². The Morgan fingerprint density at radius 3 is 2.74 bits per heavy atom. The molecule has 1 aliphatic carbocycles. The molecule has 3 N–H and O–H groups in total. The summed E-state index contributed by atoms with van der Waals surface area (Å²) < 4.78 is 1.94. The van der Waals surface area contributed by atoms with Gasteiger partial charge in [0.05, 0.1) is 11.4 Å². The van der Waals surface area contributed by atoms with Gasteiger partial charge in [-0.3, -0.25) is 0 Å². The zero-order chi connectivity index (χ0) is 13.8. The molecule has 0 spiro atoms. The van der Waals surface area contributed by atoms with E-state index in [1.807, 2.05) is 11.6 Å². The van der Waals surface area contributed by atoms with E-state index in [0.29, 0.717) is 0 Å². The molecule has 1 saturated carbocycles. The Hall–Kier alpha value is -1.23. The molecule has 0 atom stereocenters. The standard InChI is InChI=1S/C14H27N5/c1-4-19-14(13(15)11(2)17-19)16-9-10-18(3)12-7-5-6-8-12/h12,16H,4-10,15H2,1-3H3. The van der Waals surface area contributed by atoms with Gasteiger partial charge in [0, 0.05) is 25.7 Å². The first-order chi connectivity index (χ1) is 9.13. The van der Waals surface area contributed by atoms with Gasteiger partial charge in [-0.15, -0.1) is 0 Å². The van der Waals surface area contributed by atoms with E-state index >= 15 is 0 Å². The molecule has 5 heteroatoms. The van der Waals surface area contributed by atoms with Gasteiger partial charge in [-0.05, 0) is 33.7 Å². The van der Waals surface area contributed by atoms with Gasteiger partial charge in [0.2, 0.25) is 0 Å². The molecule has 5 nitrogen and oxygen atoms in total. The van der Waals surface area contributed by atoms with Crippen LogP contribution < -0.4 is 11.1 Å². The number of nitrogens with two attached hydrogens (primary N) is 1. The molecule has 19 heavy (non-hydrogen) atoms. The number of nitrogen functional groups attached to an aromatic ring is 1. The minimum Gasteiger partial charge on any atom is -0.394 e. The largest absolute Gasteiger partial charge is 0.394 e. The average Bonchev–Trinajstić information content (AvgIpc) is 3.01. The van der Waals surface area contributed by atoms with Crippen molar-refractivity contribution in [3.8, 4) is 0 Å². The van der Waals surface area contributed by atoms with E-state index in [-0.39, 0.29) is 0 Å². The maximum absolute atomic E-state index is 6.06. The highest BCUT2D eigenvalue weighted by molar-refractivity contribution is 5.64. The Morgan fingerprint density at radius 1 is 1.42 bits per heavy atom. The van der Waals surface area contributed by atoms with Crippen LogP contribution in [-0.4, -0.2) is 40.9 Å². The quantitative estimate of drug-likeness (QED) is 0.827. The monoisotopic (exact) mass is 265 g/mol. The van der Waals surface area contributed by atoms with E-state index in [1.165, 1.54) is 25.7 Å². The number of aromatic nitrogens is 2. The van der Waals surface area contributed by atoms with Gasteiger partial charge in [-0.1, -0.05) is 12.8 Å². The van der Waals surface area contributed by atoms with E-state index in [0.717, 1.165) is 42.9 Å². The van der Waals surface area contributed by atoms with Crippen LogP contribution in [0.5, 0.6) is 0 Å². The van der Waals surface area contributed by atoms with E-state index in [2.05, 4.69) is 29.3 Å². The first kappa shape index (κ1) is 14.2. The van der Waals surface area contributed by atoms with Gasteiger partial charge in [0.15, 0.2) is 0 Å². The third kappa shape index (κ3) is 3.21. The minimum absolute atomic E-state index is 0.775. The summed E-state index contributed by atoms with van der Waals surface area (Å²) in [6, 6.07) is 0.775. The van der Waals surface area contributed by atoms with Gasteiger partial charge < -0.3 is 16.0 Å². The van der Waals surface area contributed by atoms with E-state index in [4.69, 9.17) is 5.73 Å². The molecule has 0 radical (unpaired) electrons. The Labute approximate surface area is 116 Å². The molecule has 1 aromatic heterocycles. The highest BCUT2D eigenvalue weighted by atomic mass is 15.3. The van der Waals surface area contributed by atoms with Crippen LogP contribution in [-0.2, 0) is 6.54 Å². The second kappa shape index (κ2) is 6.28. The van der Waals surface area contributed by atoms with Crippen molar-refractivity contribution in [3.63, 3.8) is 0 Å². The van der Waals surface area contributed by atoms with Crippen molar-refractivity contribution in [3.05, 3.63) is 5.69 Å². The lowest BCUT2D eigenvalue weighted by molar-refractivity contribution is 0.254. The molecule has 0 saturated heterocycles. The zero-order valence-corrected chi connectivity index (χ0v) is 12.4. The predicted molar refractivity (Wildman–Crippen MR) is 80.4 cm³/mol. The van der Waals surface area contributed by atoms with Crippen molar-refractivity contribution in [2.75, 3.05) is 31.2 Å². The van der Waals surface area contributed by atoms with Crippen LogP contribution in [0.4, 0.5) is 11.5 Å². The predicted octanol–water partition coefficient (Wildman–Crippen LogP) is 2.08. The molecule has 0 aromatic carbocycles. The molecule has 0 amide bonds. The summed E-state index contributed by atoms with van der Waals surface area (Å²) in [5, 5.41) is 7.86. The van der Waals surface area contributed by atoms with E-state index in [9.17, 15) is 0 Å². The number of nitrogens with zero attached hydrogens (tertiary/aromatic N) is 3. The molecule has 1 aliphatic rings. The van der Waals surface area contributed by atoms with Crippen LogP contribution in [0.3, 0.4) is 0 Å². The fourth-order valence-electron chi connectivity index (χ4n) is 2.89. The van der Waals surface area contributed by atoms with Gasteiger partial charge in [0.25, 0.3) is 0 Å². The Morgan fingerprint density at radius 2 is 2.11 bits per heavy atom. The molecular formula is C14H27N5. The van der Waals surface area contributed by atoms with Crippen molar-refractivity contribution < 1.29 is 0 Å². The van der Waals surface area contributed by atoms with Crippen molar-refractivity contribution in [2.45, 2.75) is 52.1 Å². The third-order valence-corrected chi connectivity index (χ3v) is 4.18. The van der Waals surface area contributed by atoms with Gasteiger partial charge >= 0.3 is 0 Å². The van der Waals surface area contributed by atoms with Crippen molar-refractivity contribution in [1.29, 1.82) is 0 Å². The number of aryl methyl sites for hydroxylation is 2. The molecular weight excluding hydrogens is 238 g/mol. The van der Waals surface area contributed by atoms with Crippen LogP contribution >= 0.6 is 0 Å². The summed E-state index contributed by atoms with van der Waals surface area (Å²) in [5.74, 6) is 0.972. The number of hydrogen-bond donors (Lipinski definition) is 2. The summed E-state index contributed by atoms with van der Waals surface area (Å²) >= 11 is 0. The summed E-state index contributed by atoms with van der Waals surface area (Å²) in [6.07, 6.45) is 5.48. The van der Waals surface area contributed by atoms with Crippen molar-refractivity contribution in [2.24, 2.45) is 0 Å². The van der Waals surface area contributed by atoms with Crippen LogP contribution in [0, 0.1) is 6.92 Å². The second-order valence-electron chi connectivity index (χ2n) is 5.51. The Balaban J connectivity index is 1.85. The maximum Gasteiger partial charge on any atom is 0.148 e. The number of likely N-dealkylation sites (N-methyl/N-ethyl adjacent to an activating group) is 1. The first-order valence-electron chi connectivity index (χ1n) is 7.40. The number of rotatable bonds is 6. The Kier molecular flexibility index (Phi) is 4.69. The SMILES string of the molecule is CCn1nc(C)c(N)c1NCCN(C)C1CCCC1. The molecule has 2 rings (SSSR count). The van der Waals surface area contributed by atoms with Crippen LogP contribution in [0.2, 0.25) is 0 Å². The summed E-state index contributed by atoms with van der Waals surface area (Å²) in [4.78, 5) is 2.47. The van der Waals surface area contributed by atoms with E-state index < -0.39 is 0 Å².